The van der Waals surface area contributed by atoms with E-state index in [-0.39, 0.29) is 39.5 Å². The Kier molecular flexibility index (Phi) is 728. The third-order valence-corrected chi connectivity index (χ3v) is 7.78. The molecule has 0 atom stereocenters. The largest absolute Gasteiger partial charge is 0.394 e. The summed E-state index contributed by atoms with van der Waals surface area (Å²) in [5.74, 6) is 2.00. The minimum absolute atomic E-state index is 0. The van der Waals surface area contributed by atoms with Crippen LogP contribution in [-0.4, -0.2) is 145 Å². The maximum Gasteiger partial charge on any atom is 0.219 e. The molecule has 1 fully saturated rings. The predicted octanol–water partition coefficient (Wildman–Crippen LogP) is 16.9. The minimum atomic E-state index is -0.167. The van der Waals surface area contributed by atoms with Gasteiger partial charge in [-0.25, -0.2) is 0 Å². The Morgan fingerprint density at radius 2 is 0.545 bits per heavy atom. The van der Waals surface area contributed by atoms with Crippen molar-refractivity contribution in [3.8, 4) is 0 Å². The van der Waals surface area contributed by atoms with E-state index in [1.807, 2.05) is 140 Å². The molecule has 1 aliphatic heterocycles. The third kappa shape index (κ3) is 555. The second kappa shape index (κ2) is 363. The summed E-state index contributed by atoms with van der Waals surface area (Å²) < 4.78 is 0. The SMILES string of the molecule is C=C.C=C(C)CC.C=C(C)CC.C=O.C=O.C=O.C=O.C=O.C=O.C=O.C=O.C=O.C=O.CC.CC.CC.CC(=O)N1CCCCC1.CC(C)O.CC/C=C\CC.CCC(C)C.CCC(C)C.CCc1ccccc1.CCc1ccccc1.CN.CN.CN.CN.CN.CN.N.N.N.N.[HH].[HH]. The standard InChI is InChI=1S/2C8H10.C7H13NO.C6H12.2C5H12.2C5H10.C3H8O.3C2H6.C2H4.6CH5N.10CH2O.4H3N.2H2/c2*1-2-8-6-4-3-5-7-8;1-7(9)8-5-3-2-4-6-8;1-3-5-6-4-2;4*1-4-5(2)3;1-3(2)4;20*1-2;;;;;;/h2*3-7H,2H2,1H3;2-6H2,1H3;5-6H,3-4H2,1-2H3;2*5H,4H2,1-3H3;2*2,4H2,1,3H3;3-4H,1-2H3;3*1-2H3;1-2H2;6*2H2,1H3;10*1H2;4*1H3;2*1H/b;;;6-5-;;;;;;;;;;;;;;;;;;;;;;;;;;;;;;;. The van der Waals surface area contributed by atoms with Gasteiger partial charge in [0, 0.05) is 29.0 Å². The minimum Gasteiger partial charge on any atom is -0.394 e. The summed E-state index contributed by atoms with van der Waals surface area (Å²) in [6, 6.07) is 20.9. The first-order valence-corrected chi connectivity index (χ1v) is 31.7. The van der Waals surface area contributed by atoms with Crippen LogP contribution < -0.4 is 59.0 Å². The van der Waals surface area contributed by atoms with Crippen molar-refractivity contribution in [1.29, 1.82) is 0 Å². The van der Waals surface area contributed by atoms with Gasteiger partial charge in [0.2, 0.25) is 5.91 Å². The Bertz CT molecular complexity index is 1190. The molecular weight excluding hydrogens is 1260 g/mol. The van der Waals surface area contributed by atoms with E-state index in [1.54, 1.807) is 20.8 Å². The third-order valence-electron chi connectivity index (χ3n) is 7.78. The maximum atomic E-state index is 10.7. The number of aryl methyl sites for hydroxylation is 2. The van der Waals surface area contributed by atoms with Crippen LogP contribution >= 0.6 is 0 Å². The molecule has 0 bridgehead atoms. The predicted molar refractivity (Wildman–Crippen MR) is 457 cm³/mol. The van der Waals surface area contributed by atoms with Crippen LogP contribution in [-0.2, 0) is 65.6 Å². The highest BCUT2D eigenvalue weighted by Gasteiger charge is 2.11. The Morgan fingerprint density at radius 3 is 0.616 bits per heavy atom. The number of nitrogens with zero attached hydrogens (tertiary/aromatic N) is 1. The fourth-order valence-electron chi connectivity index (χ4n) is 2.97. The summed E-state index contributed by atoms with van der Waals surface area (Å²) in [5.41, 5.74) is 32.3. The fraction of sp³-hybridized carbons (Fsp3) is 0.592. The van der Waals surface area contributed by atoms with Crippen LogP contribution in [0, 0.1) is 11.8 Å². The number of carbonyl (C=O) groups excluding carboxylic acids is 11. The summed E-state index contributed by atoms with van der Waals surface area (Å²) in [7, 11) is 9.00. The summed E-state index contributed by atoms with van der Waals surface area (Å²) in [4.78, 5) is 92.6. The van der Waals surface area contributed by atoms with E-state index in [0.29, 0.717) is 0 Å². The molecule has 99 heavy (non-hydrogen) atoms. The zero-order valence-electron chi connectivity index (χ0n) is 70.9. The number of piperidine rings is 1. The van der Waals surface area contributed by atoms with Crippen LogP contribution in [0.4, 0.5) is 0 Å². The van der Waals surface area contributed by atoms with Crippen LogP contribution in [0.1, 0.15) is 231 Å². The summed E-state index contributed by atoms with van der Waals surface area (Å²) in [6.45, 7) is 82.6. The van der Waals surface area contributed by atoms with E-state index >= 15 is 0 Å². The van der Waals surface area contributed by atoms with Crippen molar-refractivity contribution < 1.29 is 60.7 Å². The van der Waals surface area contributed by atoms with Crippen molar-refractivity contribution in [2.24, 2.45) is 46.2 Å². The van der Waals surface area contributed by atoms with Crippen molar-refractivity contribution in [3.63, 3.8) is 0 Å². The van der Waals surface area contributed by atoms with Gasteiger partial charge in [-0.05, 0) is 151 Å². The highest BCUT2D eigenvalue weighted by atomic mass is 16.3. The topological polar surface area (TPSA) is 507 Å². The molecule has 2 aromatic carbocycles. The molecule has 616 valence electrons. The van der Waals surface area contributed by atoms with Gasteiger partial charge < -0.3 is 117 Å². The second-order valence-electron chi connectivity index (χ2n) is 14.9. The molecule has 0 spiro atoms. The number of aliphatic hydroxyl groups is 1. The van der Waals surface area contributed by atoms with E-state index in [2.05, 4.69) is 204 Å². The summed E-state index contributed by atoms with van der Waals surface area (Å²) in [5, 5.41) is 8.06. The molecule has 23 nitrogen and oxygen atoms in total. The Morgan fingerprint density at radius 1 is 0.404 bits per heavy atom. The molecule has 1 aliphatic rings. The Balaban J connectivity index is -0.0000000166. The molecule has 0 aromatic heterocycles. The Hall–Kier alpha value is -6.87. The lowest BCUT2D eigenvalue weighted by atomic mass is 10.1. The fourth-order valence-corrected chi connectivity index (χ4v) is 2.97. The smallest absolute Gasteiger partial charge is 0.219 e. The lowest BCUT2D eigenvalue weighted by molar-refractivity contribution is -0.129. The lowest BCUT2D eigenvalue weighted by Gasteiger charge is -2.24. The van der Waals surface area contributed by atoms with Gasteiger partial charge in [-0.3, -0.25) is 4.79 Å². The molecule has 0 saturated carbocycles. The monoisotopic (exact) mass is 1440 g/mol. The number of amides is 1. The molecule has 0 unspecified atom stereocenters. The van der Waals surface area contributed by atoms with Crippen molar-refractivity contribution in [2.75, 3.05) is 55.4 Å². The second-order valence-corrected chi connectivity index (χ2v) is 14.9. The highest BCUT2D eigenvalue weighted by molar-refractivity contribution is 5.73. The molecule has 23 heteroatoms. The molecule has 25 N–H and O–H groups in total. The van der Waals surface area contributed by atoms with E-state index < -0.39 is 0 Å². The number of allylic oxidation sites excluding steroid dienone is 4. The molecule has 1 amide bonds. The van der Waals surface area contributed by atoms with E-state index in [1.165, 1.54) is 110 Å². The van der Waals surface area contributed by atoms with Gasteiger partial charge in [0.05, 0.1) is 0 Å². The van der Waals surface area contributed by atoms with E-state index in [9.17, 15) is 4.79 Å². The Labute approximate surface area is 620 Å². The van der Waals surface area contributed by atoms with Gasteiger partial charge in [-0.2, -0.15) is 0 Å². The molecule has 2 aromatic rings. The van der Waals surface area contributed by atoms with Gasteiger partial charge in [-0.1, -0.05) is 221 Å². The van der Waals surface area contributed by atoms with Gasteiger partial charge >= 0.3 is 0 Å². The van der Waals surface area contributed by atoms with Crippen LogP contribution in [0.15, 0.2) is 110 Å². The first-order chi connectivity index (χ1) is 45.9. The van der Waals surface area contributed by atoms with Crippen molar-refractivity contribution in [2.45, 2.75) is 236 Å². The highest BCUT2D eigenvalue weighted by Crippen LogP contribution is 2.07. The number of benzene rings is 2. The lowest BCUT2D eigenvalue weighted by Crippen LogP contribution is -2.33. The zero-order chi connectivity index (χ0) is 83.9. The number of likely N-dealkylation sites (tertiary alicyclic amines) is 1. The first kappa shape index (κ1) is 198. The number of nitrogens with two attached hydrogens (primary N) is 6. The van der Waals surface area contributed by atoms with Gasteiger partial charge in [0.15, 0.2) is 0 Å². The molecule has 0 aliphatic carbocycles. The van der Waals surface area contributed by atoms with Crippen LogP contribution in [0.3, 0.4) is 0 Å². The van der Waals surface area contributed by atoms with Crippen molar-refractivity contribution in [1.82, 2.24) is 29.5 Å². The van der Waals surface area contributed by atoms with E-state index in [4.69, 9.17) is 53.1 Å². The van der Waals surface area contributed by atoms with Gasteiger partial charge in [0.1, 0.15) is 67.9 Å². The average Bonchev–Trinajstić information content (AvgIpc) is 3.46. The van der Waals surface area contributed by atoms with Crippen molar-refractivity contribution in [3.05, 3.63) is 121 Å². The molecular formula is C76H185N11O12. The average molecular weight is 1450 g/mol. The van der Waals surface area contributed by atoms with Gasteiger partial charge in [0.25, 0.3) is 0 Å². The number of hydrogen-bond donors (Lipinski definition) is 11. The van der Waals surface area contributed by atoms with Crippen LogP contribution in [0.5, 0.6) is 0 Å². The molecule has 1 heterocycles. The van der Waals surface area contributed by atoms with Crippen LogP contribution in [0.25, 0.3) is 0 Å². The maximum absolute atomic E-state index is 10.7. The van der Waals surface area contributed by atoms with Crippen LogP contribution in [0.2, 0.25) is 0 Å². The molecule has 3 rings (SSSR count). The molecule has 1 saturated heterocycles. The van der Waals surface area contributed by atoms with Crippen molar-refractivity contribution >= 4 is 73.8 Å². The van der Waals surface area contributed by atoms with E-state index in [0.717, 1.165) is 50.6 Å². The first-order valence-electron chi connectivity index (χ1n) is 31.7. The van der Waals surface area contributed by atoms with Gasteiger partial charge in [-0.15, -0.1) is 26.3 Å². The number of aliphatic hydroxyl groups excluding tert-OH is 1. The number of hydrogen-bond acceptors (Lipinski definition) is 22. The normalized spacial score (nSPS) is 7.00. The quantitative estimate of drug-likeness (QED) is 0.109. The zero-order valence-corrected chi connectivity index (χ0v) is 70.9. The molecule has 0 radical (unpaired) electrons. The summed E-state index contributed by atoms with van der Waals surface area (Å²) >= 11 is 0. The number of carbonyl (C=O) groups is 11. The summed E-state index contributed by atoms with van der Waals surface area (Å²) in [6.07, 6.45) is 17.3. The number of rotatable bonds is 8.